The fourth-order valence-electron chi connectivity index (χ4n) is 2.92. The van der Waals surface area contributed by atoms with Crippen LogP contribution in [-0.4, -0.2) is 25.2 Å². The Morgan fingerprint density at radius 2 is 2.35 bits per heavy atom. The summed E-state index contributed by atoms with van der Waals surface area (Å²) in [6, 6.07) is 2.09. The van der Waals surface area contributed by atoms with Crippen LogP contribution in [0, 0.1) is 11.8 Å². The van der Waals surface area contributed by atoms with Crippen LogP contribution in [0.2, 0.25) is 0 Å². The molecule has 0 saturated carbocycles. The molecule has 1 N–H and O–H groups in total. The standard InChI is InChI=1S/C14H18N2O/c1-17-14-6-13(8-16-9-14)11-4-10-2-3-15-7-12(10)5-11/h4,6,8-10,12,15H,2-3,5,7H2,1H3/t10-,12-/m1/s1. The highest BCUT2D eigenvalue weighted by Crippen LogP contribution is 2.39. The molecule has 0 spiro atoms. The first-order valence-electron chi connectivity index (χ1n) is 6.27. The second-order valence-corrected chi connectivity index (χ2v) is 4.93. The first kappa shape index (κ1) is 10.8. The molecular weight excluding hydrogens is 212 g/mol. The lowest BCUT2D eigenvalue weighted by Gasteiger charge is -2.25. The van der Waals surface area contributed by atoms with Crippen molar-refractivity contribution >= 4 is 5.57 Å². The zero-order valence-corrected chi connectivity index (χ0v) is 10.1. The van der Waals surface area contributed by atoms with Crippen LogP contribution in [0.1, 0.15) is 18.4 Å². The summed E-state index contributed by atoms with van der Waals surface area (Å²) in [5, 5.41) is 3.48. The van der Waals surface area contributed by atoms with E-state index in [2.05, 4.69) is 22.4 Å². The number of pyridine rings is 1. The fraction of sp³-hybridized carbons (Fsp3) is 0.500. The predicted octanol–water partition coefficient (Wildman–Crippen LogP) is 2.10. The van der Waals surface area contributed by atoms with Crippen molar-refractivity contribution < 1.29 is 4.74 Å². The van der Waals surface area contributed by atoms with Crippen LogP contribution in [0.3, 0.4) is 0 Å². The number of hydrogen-bond donors (Lipinski definition) is 1. The molecule has 17 heavy (non-hydrogen) atoms. The zero-order chi connectivity index (χ0) is 11.7. The van der Waals surface area contributed by atoms with Crippen LogP contribution in [0.5, 0.6) is 5.75 Å². The largest absolute Gasteiger partial charge is 0.495 e. The Bertz CT molecular complexity index is 442. The number of ether oxygens (including phenoxy) is 1. The number of piperidine rings is 1. The van der Waals surface area contributed by atoms with E-state index in [4.69, 9.17) is 4.74 Å². The number of methoxy groups -OCH3 is 1. The van der Waals surface area contributed by atoms with Crippen molar-refractivity contribution in [3.05, 3.63) is 30.1 Å². The van der Waals surface area contributed by atoms with Gasteiger partial charge in [0, 0.05) is 6.20 Å². The van der Waals surface area contributed by atoms with Crippen LogP contribution < -0.4 is 10.1 Å². The van der Waals surface area contributed by atoms with Crippen molar-refractivity contribution in [1.82, 2.24) is 10.3 Å². The molecule has 2 heterocycles. The highest BCUT2D eigenvalue weighted by Gasteiger charge is 2.30. The summed E-state index contributed by atoms with van der Waals surface area (Å²) in [5.74, 6) is 2.39. The molecule has 1 saturated heterocycles. The molecular formula is C14H18N2O. The summed E-state index contributed by atoms with van der Waals surface area (Å²) in [7, 11) is 1.69. The molecule has 1 aliphatic heterocycles. The number of hydrogen-bond acceptors (Lipinski definition) is 3. The minimum absolute atomic E-state index is 0.762. The molecule has 2 aliphatic rings. The monoisotopic (exact) mass is 230 g/mol. The van der Waals surface area contributed by atoms with Gasteiger partial charge in [0.05, 0.1) is 13.3 Å². The quantitative estimate of drug-likeness (QED) is 0.845. The van der Waals surface area contributed by atoms with E-state index in [0.717, 1.165) is 30.7 Å². The predicted molar refractivity (Wildman–Crippen MR) is 67.8 cm³/mol. The van der Waals surface area contributed by atoms with Gasteiger partial charge in [-0.15, -0.1) is 0 Å². The van der Waals surface area contributed by atoms with Gasteiger partial charge < -0.3 is 10.1 Å². The van der Waals surface area contributed by atoms with Crippen molar-refractivity contribution in [2.45, 2.75) is 12.8 Å². The molecule has 3 rings (SSSR count). The van der Waals surface area contributed by atoms with Crippen molar-refractivity contribution in [3.63, 3.8) is 0 Å². The Labute approximate surface area is 102 Å². The van der Waals surface area contributed by atoms with Crippen molar-refractivity contribution in [1.29, 1.82) is 0 Å². The molecule has 1 aromatic rings. The maximum atomic E-state index is 5.23. The molecule has 2 atom stereocenters. The van der Waals surface area contributed by atoms with Gasteiger partial charge in [-0.3, -0.25) is 4.98 Å². The third-order valence-electron chi connectivity index (χ3n) is 3.88. The molecule has 0 radical (unpaired) electrons. The van der Waals surface area contributed by atoms with Gasteiger partial charge in [0.15, 0.2) is 0 Å². The summed E-state index contributed by atoms with van der Waals surface area (Å²) in [4.78, 5) is 4.24. The maximum Gasteiger partial charge on any atom is 0.137 e. The van der Waals surface area contributed by atoms with Gasteiger partial charge in [0.1, 0.15) is 5.75 Å². The Morgan fingerprint density at radius 3 is 3.18 bits per heavy atom. The van der Waals surface area contributed by atoms with E-state index in [1.807, 2.05) is 6.20 Å². The van der Waals surface area contributed by atoms with Gasteiger partial charge in [0.2, 0.25) is 0 Å². The Hall–Kier alpha value is -1.35. The lowest BCUT2D eigenvalue weighted by Crippen LogP contribution is -2.33. The van der Waals surface area contributed by atoms with Gasteiger partial charge in [-0.1, -0.05) is 6.08 Å². The van der Waals surface area contributed by atoms with Crippen LogP contribution in [-0.2, 0) is 0 Å². The second kappa shape index (κ2) is 4.49. The Morgan fingerprint density at radius 1 is 1.41 bits per heavy atom. The molecule has 0 amide bonds. The fourth-order valence-corrected chi connectivity index (χ4v) is 2.92. The summed E-state index contributed by atoms with van der Waals surface area (Å²) in [6.45, 7) is 2.31. The molecule has 0 bridgehead atoms. The average Bonchev–Trinajstić information content (AvgIpc) is 2.82. The molecule has 3 nitrogen and oxygen atoms in total. The lowest BCUT2D eigenvalue weighted by molar-refractivity contribution is 0.324. The number of nitrogens with one attached hydrogen (secondary N) is 1. The molecule has 1 aromatic heterocycles. The smallest absolute Gasteiger partial charge is 0.137 e. The van der Waals surface area contributed by atoms with Crippen LogP contribution in [0.15, 0.2) is 24.5 Å². The van der Waals surface area contributed by atoms with Crippen LogP contribution in [0.25, 0.3) is 5.57 Å². The number of rotatable bonds is 2. The van der Waals surface area contributed by atoms with E-state index in [9.17, 15) is 0 Å². The van der Waals surface area contributed by atoms with Gasteiger partial charge in [-0.25, -0.2) is 0 Å². The van der Waals surface area contributed by atoms with Gasteiger partial charge in [-0.2, -0.15) is 0 Å². The van der Waals surface area contributed by atoms with Gasteiger partial charge in [0.25, 0.3) is 0 Å². The van der Waals surface area contributed by atoms with E-state index < -0.39 is 0 Å². The highest BCUT2D eigenvalue weighted by molar-refractivity contribution is 5.68. The third kappa shape index (κ3) is 2.07. The van der Waals surface area contributed by atoms with Gasteiger partial charge in [-0.05, 0) is 55.0 Å². The zero-order valence-electron chi connectivity index (χ0n) is 10.1. The van der Waals surface area contributed by atoms with E-state index in [0.29, 0.717) is 0 Å². The SMILES string of the molecule is COc1cncc(C2=C[C@H]3CCNC[C@H]3C2)c1. The van der Waals surface area contributed by atoms with Crippen LogP contribution >= 0.6 is 0 Å². The van der Waals surface area contributed by atoms with Crippen molar-refractivity contribution in [2.24, 2.45) is 11.8 Å². The molecule has 90 valence electrons. The van der Waals surface area contributed by atoms with Crippen molar-refractivity contribution in [2.75, 3.05) is 20.2 Å². The Balaban J connectivity index is 1.84. The first-order chi connectivity index (χ1) is 8.36. The number of fused-ring (bicyclic) bond motifs is 1. The molecule has 0 aromatic carbocycles. The summed E-state index contributed by atoms with van der Waals surface area (Å²) in [5.41, 5.74) is 2.66. The topological polar surface area (TPSA) is 34.1 Å². The van der Waals surface area contributed by atoms with E-state index >= 15 is 0 Å². The molecule has 0 unspecified atom stereocenters. The molecule has 1 aliphatic carbocycles. The van der Waals surface area contributed by atoms with Gasteiger partial charge >= 0.3 is 0 Å². The second-order valence-electron chi connectivity index (χ2n) is 4.93. The van der Waals surface area contributed by atoms with Crippen molar-refractivity contribution in [3.8, 4) is 5.75 Å². The summed E-state index contributed by atoms with van der Waals surface area (Å²) < 4.78 is 5.23. The van der Waals surface area contributed by atoms with E-state index in [1.54, 1.807) is 13.3 Å². The number of nitrogens with zero attached hydrogens (tertiary/aromatic N) is 1. The number of aromatic nitrogens is 1. The normalized spacial score (nSPS) is 27.5. The number of allylic oxidation sites excluding steroid dienone is 2. The minimum atomic E-state index is 0.762. The summed E-state index contributed by atoms with van der Waals surface area (Å²) in [6.07, 6.45) is 8.59. The lowest BCUT2D eigenvalue weighted by atomic mass is 9.89. The van der Waals surface area contributed by atoms with E-state index in [1.165, 1.54) is 24.0 Å². The third-order valence-corrected chi connectivity index (χ3v) is 3.88. The van der Waals surface area contributed by atoms with Crippen LogP contribution in [0.4, 0.5) is 0 Å². The highest BCUT2D eigenvalue weighted by atomic mass is 16.5. The molecule has 1 fully saturated rings. The summed E-state index contributed by atoms with van der Waals surface area (Å²) >= 11 is 0. The first-order valence-corrected chi connectivity index (χ1v) is 6.27. The Kier molecular flexibility index (Phi) is 2.85. The minimum Gasteiger partial charge on any atom is -0.495 e. The van der Waals surface area contributed by atoms with E-state index in [-0.39, 0.29) is 0 Å². The maximum absolute atomic E-state index is 5.23. The molecule has 3 heteroatoms. The average molecular weight is 230 g/mol.